The SMILES string of the molecule is CC(C)c1ccc(C(=O)N2CCN(C(=O)C3CCN(C(C)C)CC3)CC2)nc1. The van der Waals surface area contributed by atoms with Crippen molar-refractivity contribution in [3.63, 3.8) is 0 Å². The van der Waals surface area contributed by atoms with Crippen LogP contribution in [-0.2, 0) is 4.79 Å². The molecule has 6 heteroatoms. The number of hydrogen-bond donors (Lipinski definition) is 0. The topological polar surface area (TPSA) is 56.8 Å². The fourth-order valence-corrected chi connectivity index (χ4v) is 4.09. The predicted molar refractivity (Wildman–Crippen MR) is 110 cm³/mol. The van der Waals surface area contributed by atoms with Crippen LogP contribution in [0.15, 0.2) is 18.3 Å². The van der Waals surface area contributed by atoms with E-state index in [0.29, 0.717) is 43.8 Å². The summed E-state index contributed by atoms with van der Waals surface area (Å²) >= 11 is 0. The molecule has 6 nitrogen and oxygen atoms in total. The maximum Gasteiger partial charge on any atom is 0.272 e. The molecule has 0 saturated carbocycles. The van der Waals surface area contributed by atoms with Gasteiger partial charge in [-0.25, -0.2) is 0 Å². The Labute approximate surface area is 168 Å². The number of carbonyl (C=O) groups is 2. The zero-order valence-electron chi connectivity index (χ0n) is 17.7. The highest BCUT2D eigenvalue weighted by Crippen LogP contribution is 2.22. The monoisotopic (exact) mass is 386 g/mol. The van der Waals surface area contributed by atoms with E-state index in [1.807, 2.05) is 21.9 Å². The van der Waals surface area contributed by atoms with Gasteiger partial charge in [0.15, 0.2) is 0 Å². The predicted octanol–water partition coefficient (Wildman–Crippen LogP) is 2.61. The van der Waals surface area contributed by atoms with Gasteiger partial charge in [-0.3, -0.25) is 14.6 Å². The molecule has 3 rings (SSSR count). The molecule has 0 radical (unpaired) electrons. The number of pyridine rings is 1. The Morgan fingerprint density at radius 1 is 0.929 bits per heavy atom. The third-order valence-electron chi connectivity index (χ3n) is 6.16. The lowest BCUT2D eigenvalue weighted by Gasteiger charge is -2.39. The summed E-state index contributed by atoms with van der Waals surface area (Å²) in [5.74, 6) is 0.781. The molecule has 1 aromatic heterocycles. The summed E-state index contributed by atoms with van der Waals surface area (Å²) < 4.78 is 0. The van der Waals surface area contributed by atoms with Crippen LogP contribution in [0.1, 0.15) is 62.5 Å². The molecular formula is C22H34N4O2. The van der Waals surface area contributed by atoms with Crippen LogP contribution in [0, 0.1) is 5.92 Å². The van der Waals surface area contributed by atoms with Crippen molar-refractivity contribution in [2.45, 2.75) is 52.5 Å². The van der Waals surface area contributed by atoms with E-state index in [9.17, 15) is 9.59 Å². The molecule has 154 valence electrons. The minimum Gasteiger partial charge on any atom is -0.339 e. The van der Waals surface area contributed by atoms with Crippen LogP contribution in [0.3, 0.4) is 0 Å². The summed E-state index contributed by atoms with van der Waals surface area (Å²) in [5, 5.41) is 0. The molecule has 28 heavy (non-hydrogen) atoms. The molecule has 0 spiro atoms. The summed E-state index contributed by atoms with van der Waals surface area (Å²) in [6.45, 7) is 13.1. The first kappa shape index (κ1) is 20.8. The van der Waals surface area contributed by atoms with E-state index < -0.39 is 0 Å². The van der Waals surface area contributed by atoms with Crippen LogP contribution in [-0.4, -0.2) is 76.8 Å². The molecule has 1 aromatic rings. The van der Waals surface area contributed by atoms with Crippen molar-refractivity contribution in [3.8, 4) is 0 Å². The van der Waals surface area contributed by atoms with Crippen LogP contribution in [0.2, 0.25) is 0 Å². The fraction of sp³-hybridized carbons (Fsp3) is 0.682. The number of carbonyl (C=O) groups excluding carboxylic acids is 2. The molecule has 2 saturated heterocycles. The van der Waals surface area contributed by atoms with Gasteiger partial charge in [-0.15, -0.1) is 0 Å². The second-order valence-corrected chi connectivity index (χ2v) is 8.65. The first-order valence-electron chi connectivity index (χ1n) is 10.6. The fourth-order valence-electron chi connectivity index (χ4n) is 4.09. The second kappa shape index (κ2) is 9.03. The molecule has 2 amide bonds. The van der Waals surface area contributed by atoms with Gasteiger partial charge in [-0.2, -0.15) is 0 Å². The number of piperazine rings is 1. The lowest BCUT2D eigenvalue weighted by Crippen LogP contribution is -2.53. The molecule has 0 atom stereocenters. The smallest absolute Gasteiger partial charge is 0.272 e. The Bertz CT molecular complexity index is 670. The Kier molecular flexibility index (Phi) is 6.70. The van der Waals surface area contributed by atoms with Gasteiger partial charge in [0.05, 0.1) is 0 Å². The summed E-state index contributed by atoms with van der Waals surface area (Å²) in [7, 11) is 0. The molecular weight excluding hydrogens is 352 g/mol. The molecule has 0 bridgehead atoms. The molecule has 0 aliphatic carbocycles. The van der Waals surface area contributed by atoms with Crippen molar-refractivity contribution in [2.75, 3.05) is 39.3 Å². The largest absolute Gasteiger partial charge is 0.339 e. The molecule has 3 heterocycles. The van der Waals surface area contributed by atoms with Crippen LogP contribution in [0.4, 0.5) is 0 Å². The van der Waals surface area contributed by atoms with Gasteiger partial charge < -0.3 is 14.7 Å². The lowest BCUT2D eigenvalue weighted by molar-refractivity contribution is -0.138. The summed E-state index contributed by atoms with van der Waals surface area (Å²) in [6, 6.07) is 4.35. The van der Waals surface area contributed by atoms with E-state index in [4.69, 9.17) is 0 Å². The van der Waals surface area contributed by atoms with E-state index in [1.54, 1.807) is 6.20 Å². The van der Waals surface area contributed by atoms with Gasteiger partial charge >= 0.3 is 0 Å². The number of piperidine rings is 1. The van der Waals surface area contributed by atoms with Crippen LogP contribution in [0.25, 0.3) is 0 Å². The maximum absolute atomic E-state index is 12.9. The van der Waals surface area contributed by atoms with Gasteiger partial charge in [-0.1, -0.05) is 19.9 Å². The zero-order chi connectivity index (χ0) is 20.3. The van der Waals surface area contributed by atoms with Gasteiger partial charge in [0.25, 0.3) is 5.91 Å². The third-order valence-corrected chi connectivity index (χ3v) is 6.16. The van der Waals surface area contributed by atoms with Gasteiger partial charge in [0, 0.05) is 44.3 Å². The molecule has 2 aliphatic rings. The molecule has 0 unspecified atom stereocenters. The second-order valence-electron chi connectivity index (χ2n) is 8.65. The number of amides is 2. The highest BCUT2D eigenvalue weighted by Gasteiger charge is 2.32. The highest BCUT2D eigenvalue weighted by atomic mass is 16.2. The summed E-state index contributed by atoms with van der Waals surface area (Å²) in [6.07, 6.45) is 3.69. The van der Waals surface area contributed by atoms with Crippen LogP contribution in [0.5, 0.6) is 0 Å². The standard InChI is InChI=1S/C22H34N4O2/c1-16(2)19-5-6-20(23-15-19)22(28)26-13-11-25(12-14-26)21(27)18-7-9-24(10-8-18)17(3)4/h5-6,15-18H,7-14H2,1-4H3. The average molecular weight is 387 g/mol. The van der Waals surface area contributed by atoms with E-state index in [-0.39, 0.29) is 17.7 Å². The molecule has 0 N–H and O–H groups in total. The first-order valence-corrected chi connectivity index (χ1v) is 10.6. The van der Waals surface area contributed by atoms with Crippen LogP contribution >= 0.6 is 0 Å². The van der Waals surface area contributed by atoms with E-state index >= 15 is 0 Å². The van der Waals surface area contributed by atoms with Crippen molar-refractivity contribution in [2.24, 2.45) is 5.92 Å². The van der Waals surface area contributed by atoms with Crippen molar-refractivity contribution in [1.29, 1.82) is 0 Å². The van der Waals surface area contributed by atoms with Gasteiger partial charge in [0.1, 0.15) is 5.69 Å². The number of nitrogens with zero attached hydrogens (tertiary/aromatic N) is 4. The van der Waals surface area contributed by atoms with Crippen LogP contribution < -0.4 is 0 Å². The number of likely N-dealkylation sites (tertiary alicyclic amines) is 1. The Hall–Kier alpha value is -1.95. The van der Waals surface area contributed by atoms with E-state index in [2.05, 4.69) is 37.6 Å². The minimum atomic E-state index is -0.0346. The van der Waals surface area contributed by atoms with Gasteiger partial charge in [0.2, 0.25) is 5.91 Å². The van der Waals surface area contributed by atoms with Crippen molar-refractivity contribution in [1.82, 2.24) is 19.7 Å². The minimum absolute atomic E-state index is 0.0346. The Morgan fingerprint density at radius 3 is 2.04 bits per heavy atom. The molecule has 2 fully saturated rings. The lowest BCUT2D eigenvalue weighted by atomic mass is 9.94. The Balaban J connectivity index is 1.50. The highest BCUT2D eigenvalue weighted by molar-refractivity contribution is 5.92. The van der Waals surface area contributed by atoms with E-state index in [1.165, 1.54) is 0 Å². The number of rotatable bonds is 4. The summed E-state index contributed by atoms with van der Waals surface area (Å²) in [5.41, 5.74) is 1.63. The third kappa shape index (κ3) is 4.72. The number of hydrogen-bond acceptors (Lipinski definition) is 4. The molecule has 0 aromatic carbocycles. The van der Waals surface area contributed by atoms with Crippen molar-refractivity contribution < 1.29 is 9.59 Å². The normalized spacial score (nSPS) is 19.5. The Morgan fingerprint density at radius 2 is 1.54 bits per heavy atom. The van der Waals surface area contributed by atoms with E-state index in [0.717, 1.165) is 31.5 Å². The zero-order valence-corrected chi connectivity index (χ0v) is 17.7. The maximum atomic E-state index is 12.9. The quantitative estimate of drug-likeness (QED) is 0.798. The molecule has 2 aliphatic heterocycles. The van der Waals surface area contributed by atoms with Crippen molar-refractivity contribution in [3.05, 3.63) is 29.6 Å². The summed E-state index contributed by atoms with van der Waals surface area (Å²) in [4.78, 5) is 36.1. The number of aromatic nitrogens is 1. The first-order chi connectivity index (χ1) is 13.4. The average Bonchev–Trinajstić information content (AvgIpc) is 2.73. The van der Waals surface area contributed by atoms with Gasteiger partial charge in [-0.05, 0) is 57.3 Å². The van der Waals surface area contributed by atoms with Crippen molar-refractivity contribution >= 4 is 11.8 Å².